The van der Waals surface area contributed by atoms with Gasteiger partial charge in [-0.3, -0.25) is 9.59 Å². The average molecular weight is 372 g/mol. The molecule has 0 radical (unpaired) electrons. The van der Waals surface area contributed by atoms with Crippen LogP contribution in [0.5, 0.6) is 0 Å². The third kappa shape index (κ3) is 10.9. The number of nitrogens with zero attached hydrogens (tertiary/aromatic N) is 1. The maximum absolute atomic E-state index is 12.0. The molecular formula is C19H37N3O4. The van der Waals surface area contributed by atoms with Crippen LogP contribution in [0.15, 0.2) is 0 Å². The minimum Gasteiger partial charge on any atom is -0.462 e. The summed E-state index contributed by atoms with van der Waals surface area (Å²) < 4.78 is 4.55. The number of likely N-dealkylation sites (tertiary alicyclic amines) is 1. The number of carbonyl (C=O) groups is 3. The Hall–Kier alpha value is -1.79. The summed E-state index contributed by atoms with van der Waals surface area (Å²) in [6, 6.07) is -0.375. The molecule has 26 heavy (non-hydrogen) atoms. The van der Waals surface area contributed by atoms with Crippen molar-refractivity contribution in [3.05, 3.63) is 0 Å². The highest BCUT2D eigenvalue weighted by molar-refractivity contribution is 5.87. The van der Waals surface area contributed by atoms with Crippen LogP contribution in [-0.4, -0.2) is 54.6 Å². The molecule has 0 aromatic carbocycles. The van der Waals surface area contributed by atoms with Crippen molar-refractivity contribution in [3.63, 3.8) is 0 Å². The van der Waals surface area contributed by atoms with Crippen LogP contribution in [0.25, 0.3) is 0 Å². The molecule has 7 heteroatoms. The third-order valence-corrected chi connectivity index (χ3v) is 3.85. The van der Waals surface area contributed by atoms with Gasteiger partial charge >= 0.3 is 6.03 Å². The van der Waals surface area contributed by atoms with Gasteiger partial charge in [-0.25, -0.2) is 4.79 Å². The Morgan fingerprint density at radius 3 is 2.15 bits per heavy atom. The zero-order valence-electron chi connectivity index (χ0n) is 17.1. The molecule has 1 saturated heterocycles. The van der Waals surface area contributed by atoms with Crippen LogP contribution < -0.4 is 10.6 Å². The molecule has 0 aromatic rings. The Labute approximate surface area is 158 Å². The van der Waals surface area contributed by atoms with E-state index >= 15 is 0 Å². The molecule has 1 aliphatic rings. The summed E-state index contributed by atoms with van der Waals surface area (Å²) in [5, 5.41) is 5.80. The van der Waals surface area contributed by atoms with Crippen molar-refractivity contribution in [3.8, 4) is 0 Å². The zero-order valence-corrected chi connectivity index (χ0v) is 17.1. The summed E-state index contributed by atoms with van der Waals surface area (Å²) >= 11 is 0. The Bertz CT molecular complexity index is 393. The lowest BCUT2D eigenvalue weighted by Crippen LogP contribution is -2.49. The van der Waals surface area contributed by atoms with Gasteiger partial charge in [0.05, 0.1) is 0 Å². The van der Waals surface area contributed by atoms with Gasteiger partial charge in [-0.05, 0) is 46.5 Å². The number of hydrogen-bond acceptors (Lipinski definition) is 4. The second kappa shape index (κ2) is 13.4. The molecule has 0 saturated carbocycles. The van der Waals surface area contributed by atoms with Gasteiger partial charge in [0.15, 0.2) is 0 Å². The smallest absolute Gasteiger partial charge is 0.318 e. The molecule has 0 aromatic heterocycles. The van der Waals surface area contributed by atoms with E-state index in [9.17, 15) is 14.4 Å². The predicted molar refractivity (Wildman–Crippen MR) is 103 cm³/mol. The molecule has 0 bridgehead atoms. The highest BCUT2D eigenvalue weighted by Gasteiger charge is 2.33. The van der Waals surface area contributed by atoms with E-state index in [4.69, 9.17) is 0 Å². The zero-order chi connectivity index (χ0) is 20.0. The monoisotopic (exact) mass is 371 g/mol. The molecule has 152 valence electrons. The van der Waals surface area contributed by atoms with E-state index in [2.05, 4.69) is 29.2 Å². The van der Waals surface area contributed by atoms with Gasteiger partial charge in [-0.2, -0.15) is 0 Å². The fraction of sp³-hybridized carbons (Fsp3) is 0.842. The average Bonchev–Trinajstić information content (AvgIpc) is 3.04. The highest BCUT2D eigenvalue weighted by Crippen LogP contribution is 2.17. The van der Waals surface area contributed by atoms with Crippen LogP contribution in [0.4, 0.5) is 4.79 Å². The lowest BCUT2D eigenvalue weighted by molar-refractivity contribution is -0.138. The van der Waals surface area contributed by atoms with Gasteiger partial charge in [0.25, 0.3) is 6.47 Å². The van der Waals surface area contributed by atoms with E-state index in [1.54, 1.807) is 4.90 Å². The Morgan fingerprint density at radius 1 is 1.12 bits per heavy atom. The minimum atomic E-state index is -0.318. The second-order valence-electron chi connectivity index (χ2n) is 7.41. The lowest BCUT2D eigenvalue weighted by atomic mass is 10.2. The van der Waals surface area contributed by atoms with E-state index in [1.165, 1.54) is 0 Å². The number of nitrogens with one attached hydrogen (secondary N) is 2. The van der Waals surface area contributed by atoms with Crippen LogP contribution in [0.1, 0.15) is 73.1 Å². The molecule has 7 nitrogen and oxygen atoms in total. The second-order valence-corrected chi connectivity index (χ2v) is 7.41. The van der Waals surface area contributed by atoms with Crippen molar-refractivity contribution in [1.29, 1.82) is 0 Å². The van der Waals surface area contributed by atoms with Crippen molar-refractivity contribution in [2.24, 2.45) is 0 Å². The number of carbonyl (C=O) groups excluding carboxylic acids is 3. The minimum absolute atomic E-state index is 0.00316. The molecule has 1 rings (SSSR count). The molecule has 1 aliphatic heterocycles. The Morgan fingerprint density at radius 2 is 1.69 bits per heavy atom. The van der Waals surface area contributed by atoms with Crippen LogP contribution in [0, 0.1) is 0 Å². The number of urea groups is 1. The molecule has 2 N–H and O–H groups in total. The van der Waals surface area contributed by atoms with Gasteiger partial charge in [0, 0.05) is 19.6 Å². The summed E-state index contributed by atoms with van der Waals surface area (Å²) in [6.07, 6.45) is 5.77. The quantitative estimate of drug-likeness (QED) is 0.507. The van der Waals surface area contributed by atoms with E-state index in [1.807, 2.05) is 20.8 Å². The fourth-order valence-electron chi connectivity index (χ4n) is 2.41. The summed E-state index contributed by atoms with van der Waals surface area (Å²) in [7, 11) is 0. The number of hydrogen-bond donors (Lipinski definition) is 2. The van der Waals surface area contributed by atoms with Gasteiger partial charge in [0.1, 0.15) is 11.6 Å². The number of unbranched alkanes of at least 4 members (excludes halogenated alkanes) is 2. The molecule has 1 fully saturated rings. The van der Waals surface area contributed by atoms with Crippen molar-refractivity contribution < 1.29 is 19.1 Å². The van der Waals surface area contributed by atoms with Gasteiger partial charge in [-0.15, -0.1) is 0 Å². The van der Waals surface area contributed by atoms with E-state index in [0.29, 0.717) is 26.1 Å². The molecular weight excluding hydrogens is 334 g/mol. The third-order valence-electron chi connectivity index (χ3n) is 3.85. The van der Waals surface area contributed by atoms with Crippen LogP contribution in [0.3, 0.4) is 0 Å². The first kappa shape index (κ1) is 24.2. The number of amides is 3. The van der Waals surface area contributed by atoms with Gasteiger partial charge in [-0.1, -0.05) is 26.7 Å². The van der Waals surface area contributed by atoms with Crippen LogP contribution in [-0.2, 0) is 14.3 Å². The first-order valence-electron chi connectivity index (χ1n) is 9.70. The normalized spacial score (nSPS) is 16.3. The maximum Gasteiger partial charge on any atom is 0.318 e. The highest BCUT2D eigenvalue weighted by atomic mass is 16.5. The molecule has 0 spiro atoms. The summed E-state index contributed by atoms with van der Waals surface area (Å²) in [4.78, 5) is 35.3. The molecule has 1 atom stereocenters. The lowest BCUT2D eigenvalue weighted by Gasteiger charge is -2.24. The maximum atomic E-state index is 12.0. The van der Waals surface area contributed by atoms with E-state index in [-0.39, 0.29) is 23.6 Å². The Kier molecular flexibility index (Phi) is 12.5. The fourth-order valence-corrected chi connectivity index (χ4v) is 2.41. The topological polar surface area (TPSA) is 87.7 Å². The molecule has 0 aliphatic carbocycles. The summed E-state index contributed by atoms with van der Waals surface area (Å²) in [5.41, 5.74) is -0.318. The van der Waals surface area contributed by atoms with Gasteiger partial charge in [0.2, 0.25) is 5.91 Å². The van der Waals surface area contributed by atoms with Crippen molar-refractivity contribution in [2.75, 3.05) is 19.6 Å². The van der Waals surface area contributed by atoms with Crippen LogP contribution in [0.2, 0.25) is 0 Å². The standard InChI is InChI=1S/C14H27N3O2.C5H10O2/c1-3-5-9-15-13(18)12-8-7-11-17(12)14(19)16-10-6-4-2;1-5(2,3)7-4-6/h12H,3-11H2,1-2H3,(H,15,18)(H,16,19);4H,1-3H3. The first-order chi connectivity index (χ1) is 12.3. The largest absolute Gasteiger partial charge is 0.462 e. The van der Waals surface area contributed by atoms with Crippen molar-refractivity contribution in [1.82, 2.24) is 15.5 Å². The summed E-state index contributed by atoms with van der Waals surface area (Å²) in [5.74, 6) is -0.00316. The van der Waals surface area contributed by atoms with E-state index in [0.717, 1.165) is 38.5 Å². The first-order valence-corrected chi connectivity index (χ1v) is 9.70. The molecule has 1 unspecified atom stereocenters. The Balaban J connectivity index is 0.000000758. The molecule has 1 heterocycles. The molecule has 3 amide bonds. The number of ether oxygens (including phenoxy) is 1. The van der Waals surface area contributed by atoms with Crippen molar-refractivity contribution in [2.45, 2.75) is 84.8 Å². The van der Waals surface area contributed by atoms with E-state index < -0.39 is 0 Å². The summed E-state index contributed by atoms with van der Waals surface area (Å²) in [6.45, 7) is 12.2. The van der Waals surface area contributed by atoms with Gasteiger partial charge < -0.3 is 20.3 Å². The number of rotatable bonds is 8. The van der Waals surface area contributed by atoms with Crippen LogP contribution >= 0.6 is 0 Å². The SMILES string of the molecule is CC(C)(C)OC=O.CCCCNC(=O)C1CCCN1C(=O)NCCCC. The van der Waals surface area contributed by atoms with Crippen molar-refractivity contribution >= 4 is 18.4 Å². The predicted octanol–water partition coefficient (Wildman–Crippen LogP) is 2.83.